The summed E-state index contributed by atoms with van der Waals surface area (Å²) >= 11 is 0. The van der Waals surface area contributed by atoms with Crippen molar-refractivity contribution in [3.63, 3.8) is 0 Å². The van der Waals surface area contributed by atoms with E-state index in [2.05, 4.69) is 16.0 Å². The molecule has 8 fully saturated rings. The third-order valence-corrected chi connectivity index (χ3v) is 17.9. The zero-order valence-electron chi connectivity index (χ0n) is 52.4. The van der Waals surface area contributed by atoms with Gasteiger partial charge in [0.25, 0.3) is 0 Å². The minimum absolute atomic E-state index is 0.865. The van der Waals surface area contributed by atoms with Gasteiger partial charge >= 0.3 is 0 Å². The molecule has 44 heteroatoms. The average Bonchev–Trinajstić information content (AvgIpc) is 0.791. The Balaban J connectivity index is 0.979. The summed E-state index contributed by atoms with van der Waals surface area (Å²) in [5, 5.41) is 257. The Labute approximate surface area is 554 Å². The molecule has 98 heavy (non-hydrogen) atoms. The molecule has 0 spiro atoms. The molecule has 8 aliphatic heterocycles. The van der Waals surface area contributed by atoms with Gasteiger partial charge < -0.3 is 204 Å². The van der Waals surface area contributed by atoms with Crippen molar-refractivity contribution in [3.05, 3.63) is 0 Å². The van der Waals surface area contributed by atoms with Gasteiger partial charge in [0.15, 0.2) is 50.3 Å². The Hall–Kier alpha value is -3.11. The Morgan fingerprint density at radius 1 is 0.245 bits per heavy atom. The molecule has 0 radical (unpaired) electrons. The zero-order valence-corrected chi connectivity index (χ0v) is 52.4. The average molecular weight is 1440 g/mol. The minimum atomic E-state index is -2.33. The van der Waals surface area contributed by atoms with Crippen molar-refractivity contribution in [1.82, 2.24) is 16.0 Å². The molecule has 8 aliphatic rings. The second-order valence-electron chi connectivity index (χ2n) is 24.6. The first-order valence-electron chi connectivity index (χ1n) is 31.1. The van der Waals surface area contributed by atoms with Gasteiger partial charge in [0.05, 0.1) is 52.9 Å². The molecule has 44 nitrogen and oxygen atoms in total. The van der Waals surface area contributed by atoms with Gasteiger partial charge in [0, 0.05) is 20.8 Å². The first kappa shape index (κ1) is 80.6. The highest BCUT2D eigenvalue weighted by Gasteiger charge is 2.60. The van der Waals surface area contributed by atoms with Crippen molar-refractivity contribution in [2.24, 2.45) is 0 Å². The van der Waals surface area contributed by atoms with Gasteiger partial charge in [-0.3, -0.25) is 14.4 Å². The molecule has 0 bridgehead atoms. The minimum Gasteiger partial charge on any atom is -0.394 e. The van der Waals surface area contributed by atoms with E-state index in [4.69, 9.17) is 71.1 Å². The van der Waals surface area contributed by atoms with Crippen molar-refractivity contribution in [1.29, 1.82) is 0 Å². The number of nitrogens with one attached hydrogen (secondary N) is 3. The summed E-state index contributed by atoms with van der Waals surface area (Å²) in [5.41, 5.74) is 0. The summed E-state index contributed by atoms with van der Waals surface area (Å²) in [6, 6.07) is -5.57. The van der Waals surface area contributed by atoms with Crippen LogP contribution in [0.15, 0.2) is 0 Å². The lowest BCUT2D eigenvalue weighted by Gasteiger charge is -2.51. The van der Waals surface area contributed by atoms with Crippen molar-refractivity contribution in [2.75, 3.05) is 52.9 Å². The zero-order chi connectivity index (χ0) is 72.2. The van der Waals surface area contributed by atoms with Crippen molar-refractivity contribution in [3.8, 4) is 0 Å². The lowest BCUT2D eigenvalue weighted by Crippen LogP contribution is -2.71. The maximum atomic E-state index is 12.9. The van der Waals surface area contributed by atoms with E-state index in [1.165, 1.54) is 0 Å². The second-order valence-corrected chi connectivity index (χ2v) is 24.6. The number of rotatable bonds is 25. The van der Waals surface area contributed by atoms with E-state index in [1.54, 1.807) is 0 Å². The molecule has 8 rings (SSSR count). The molecule has 0 saturated carbocycles. The molecule has 40 atom stereocenters. The number of ether oxygens (including phenoxy) is 15. The monoisotopic (exact) mass is 1440 g/mol. The third kappa shape index (κ3) is 17.3. The first-order valence-corrected chi connectivity index (χ1v) is 31.1. The number of carbonyl (C=O) groups is 3. The Kier molecular flexibility index (Phi) is 28.9. The normalized spacial score (nSPS) is 49.5. The highest BCUT2D eigenvalue weighted by molar-refractivity contribution is 5.74. The van der Waals surface area contributed by atoms with Gasteiger partial charge in [-0.15, -0.1) is 0 Å². The Morgan fingerprint density at radius 3 is 0.735 bits per heavy atom. The largest absolute Gasteiger partial charge is 0.394 e. The summed E-state index contributed by atoms with van der Waals surface area (Å²) in [6.07, 6.45) is -73.2. The van der Waals surface area contributed by atoms with Crippen LogP contribution in [-0.2, 0) is 85.4 Å². The number of hydrogen-bond donors (Lipinski definition) is 26. The number of aliphatic hydroxyl groups is 23. The molecular formula is C54H91N3O41. The SMILES string of the molecule is CC(=O)NC1C(OC2C(O)C(CO)OC(OC3C(CO)OC(OC4C(O)C(CO)OC(OC5C(CO)OC(OC6C(O)C(CO)OC(OC7C(CO)OC(O)C(O)C7O)C6O)C(NC(C)=O)C5O)C4O)C(NC(C)=O)C3O)C2O)OC(CO)C(OC2OC(CO)C(O)C(O)C2O)C1O. The smallest absolute Gasteiger partial charge is 0.217 e. The molecule has 0 aromatic carbocycles. The molecule has 0 aliphatic carbocycles. The van der Waals surface area contributed by atoms with Crippen LogP contribution in [0.3, 0.4) is 0 Å². The topological polar surface area (TPSA) is 691 Å². The van der Waals surface area contributed by atoms with Crippen molar-refractivity contribution >= 4 is 17.7 Å². The van der Waals surface area contributed by atoms with Crippen LogP contribution in [0.4, 0.5) is 0 Å². The number of carbonyl (C=O) groups excluding carboxylic acids is 3. The maximum Gasteiger partial charge on any atom is 0.217 e. The molecule has 26 N–H and O–H groups in total. The summed E-state index contributed by atoms with van der Waals surface area (Å²) in [4.78, 5) is 38.2. The molecular weight excluding hydrogens is 1350 g/mol. The lowest BCUT2D eigenvalue weighted by atomic mass is 9.93. The standard InChI is InChI=1S/C54H91N3O41/c1-12(66)55-23-30(73)40(92-51-36(79)33(76)26(69)15(4-58)85-51)20(9-63)89-48(23)96-44-27(70)16(5-59)86-52(37(44)80)93-41-21(10-64)90-49(24(31(41)74)56-13(2)67)97-45-28(71)17(6-60)87-53(38(45)81)94-42-22(11-65)91-50(25(32(42)75)57-14(3)68)98-46-29(72)18(7-61)88-54(39(46)82)95-43-19(8-62)84-47(83)35(78)34(43)77/h15-54,58-65,69-83H,4-11H2,1-3H3,(H,55,66)(H,56,67)(H,57,68). The number of hydrogen-bond acceptors (Lipinski definition) is 41. The van der Waals surface area contributed by atoms with Crippen LogP contribution in [0.1, 0.15) is 20.8 Å². The van der Waals surface area contributed by atoms with Crippen LogP contribution in [0, 0.1) is 0 Å². The molecule has 0 aromatic heterocycles. The fourth-order valence-corrected chi connectivity index (χ4v) is 12.7. The maximum absolute atomic E-state index is 12.9. The van der Waals surface area contributed by atoms with E-state index >= 15 is 0 Å². The highest BCUT2D eigenvalue weighted by Crippen LogP contribution is 2.39. The van der Waals surface area contributed by atoms with Gasteiger partial charge in [-0.25, -0.2) is 0 Å². The van der Waals surface area contributed by atoms with Crippen LogP contribution >= 0.6 is 0 Å². The lowest BCUT2D eigenvalue weighted by molar-refractivity contribution is -0.389. The van der Waals surface area contributed by atoms with Gasteiger partial charge in [-0.2, -0.15) is 0 Å². The summed E-state index contributed by atoms with van der Waals surface area (Å²) in [7, 11) is 0. The summed E-state index contributed by atoms with van der Waals surface area (Å²) in [6.45, 7) is -5.41. The van der Waals surface area contributed by atoms with E-state index < -0.39 is 316 Å². The van der Waals surface area contributed by atoms with E-state index in [-0.39, 0.29) is 0 Å². The third-order valence-electron chi connectivity index (χ3n) is 17.9. The summed E-state index contributed by atoms with van der Waals surface area (Å²) in [5.74, 6) is -2.70. The van der Waals surface area contributed by atoms with Gasteiger partial charge in [0.1, 0.15) is 195 Å². The molecule has 8 heterocycles. The van der Waals surface area contributed by atoms with Gasteiger partial charge in [-0.05, 0) is 0 Å². The molecule has 40 unspecified atom stereocenters. The van der Waals surface area contributed by atoms with Crippen LogP contribution in [-0.4, -0.2) is 433 Å². The van der Waals surface area contributed by atoms with Gasteiger partial charge in [0.2, 0.25) is 17.7 Å². The van der Waals surface area contributed by atoms with Crippen LogP contribution in [0.2, 0.25) is 0 Å². The first-order chi connectivity index (χ1) is 46.4. The van der Waals surface area contributed by atoms with E-state index in [0.29, 0.717) is 0 Å². The fourth-order valence-electron chi connectivity index (χ4n) is 12.7. The molecule has 0 aromatic rings. The molecule has 8 saturated heterocycles. The predicted octanol–water partition coefficient (Wildman–Crippen LogP) is -18.0. The molecule has 3 amide bonds. The van der Waals surface area contributed by atoms with E-state index in [1.807, 2.05) is 0 Å². The number of aliphatic hydroxyl groups excluding tert-OH is 23. The Bertz CT molecular complexity index is 2510. The van der Waals surface area contributed by atoms with Crippen LogP contribution in [0.5, 0.6) is 0 Å². The van der Waals surface area contributed by atoms with E-state index in [0.717, 1.165) is 20.8 Å². The fraction of sp³-hybridized carbons (Fsp3) is 0.944. The highest BCUT2D eigenvalue weighted by atomic mass is 16.8. The van der Waals surface area contributed by atoms with Crippen molar-refractivity contribution < 1.29 is 203 Å². The van der Waals surface area contributed by atoms with Crippen molar-refractivity contribution in [2.45, 2.75) is 266 Å². The Morgan fingerprint density at radius 2 is 0.469 bits per heavy atom. The van der Waals surface area contributed by atoms with Crippen LogP contribution in [0.25, 0.3) is 0 Å². The molecule has 568 valence electrons. The predicted molar refractivity (Wildman–Crippen MR) is 299 cm³/mol. The number of amides is 3. The summed E-state index contributed by atoms with van der Waals surface area (Å²) < 4.78 is 86.5. The van der Waals surface area contributed by atoms with E-state index in [9.17, 15) is 132 Å². The second kappa shape index (κ2) is 35.1. The quantitative estimate of drug-likeness (QED) is 0.0404. The van der Waals surface area contributed by atoms with Gasteiger partial charge in [-0.1, -0.05) is 0 Å². The van der Waals surface area contributed by atoms with Crippen LogP contribution < -0.4 is 16.0 Å².